The molecule has 1 aromatic rings. The van der Waals surface area contributed by atoms with E-state index in [0.29, 0.717) is 5.92 Å². The van der Waals surface area contributed by atoms with Gasteiger partial charge in [-0.1, -0.05) is 24.3 Å². The summed E-state index contributed by atoms with van der Waals surface area (Å²) in [5.41, 5.74) is 2.15. The number of likely N-dealkylation sites (tertiary alicyclic amines) is 1. The molecule has 29 heavy (non-hydrogen) atoms. The zero-order valence-electron chi connectivity index (χ0n) is 17.3. The van der Waals surface area contributed by atoms with Crippen molar-refractivity contribution in [3.8, 4) is 0 Å². The second kappa shape index (κ2) is 8.05. The van der Waals surface area contributed by atoms with Crippen LogP contribution in [0.1, 0.15) is 49.7 Å². The maximum atomic E-state index is 12.2. The van der Waals surface area contributed by atoms with E-state index in [0.717, 1.165) is 38.4 Å². The average molecular weight is 398 g/mol. The van der Waals surface area contributed by atoms with Crippen LogP contribution in [0.15, 0.2) is 29.3 Å². The van der Waals surface area contributed by atoms with Crippen molar-refractivity contribution in [1.29, 1.82) is 0 Å². The minimum Gasteiger partial charge on any atom is -0.356 e. The quantitative estimate of drug-likeness (QED) is 0.414. The van der Waals surface area contributed by atoms with Crippen molar-refractivity contribution in [2.75, 3.05) is 26.7 Å². The Morgan fingerprint density at radius 1 is 1.24 bits per heavy atom. The smallest absolute Gasteiger partial charge is 0.322 e. The minimum atomic E-state index is -0.800. The summed E-state index contributed by atoms with van der Waals surface area (Å²) in [5.74, 6) is 1.37. The number of fused-ring (bicyclic) bond motifs is 1. The van der Waals surface area contributed by atoms with E-state index in [1.807, 2.05) is 14.0 Å². The lowest BCUT2D eigenvalue weighted by Gasteiger charge is -2.40. The molecule has 3 amide bonds. The molecule has 2 aliphatic heterocycles. The van der Waals surface area contributed by atoms with Crippen LogP contribution in [0.25, 0.3) is 0 Å². The Labute approximate surface area is 172 Å². The molecular formula is C22H31N5O2. The van der Waals surface area contributed by atoms with Crippen molar-refractivity contribution in [1.82, 2.24) is 20.9 Å². The number of guanidine groups is 1. The minimum absolute atomic E-state index is 0.133. The van der Waals surface area contributed by atoms with Crippen molar-refractivity contribution in [3.63, 3.8) is 0 Å². The van der Waals surface area contributed by atoms with Crippen LogP contribution >= 0.6 is 0 Å². The van der Waals surface area contributed by atoms with Gasteiger partial charge in [-0.3, -0.25) is 15.1 Å². The fraction of sp³-hybridized carbons (Fsp3) is 0.591. The number of hydrogen-bond acceptors (Lipinski definition) is 3. The third kappa shape index (κ3) is 3.82. The number of aryl methyl sites for hydroxylation is 1. The van der Waals surface area contributed by atoms with Crippen molar-refractivity contribution in [2.45, 2.75) is 50.5 Å². The van der Waals surface area contributed by atoms with Gasteiger partial charge in [-0.05, 0) is 56.1 Å². The van der Waals surface area contributed by atoms with Crippen molar-refractivity contribution in [3.05, 3.63) is 35.4 Å². The van der Waals surface area contributed by atoms with Crippen LogP contribution in [0.2, 0.25) is 0 Å². The van der Waals surface area contributed by atoms with Gasteiger partial charge in [-0.25, -0.2) is 4.79 Å². The third-order valence-corrected chi connectivity index (χ3v) is 6.89. The highest BCUT2D eigenvalue weighted by atomic mass is 16.2. The number of nitrogens with one attached hydrogen (secondary N) is 3. The van der Waals surface area contributed by atoms with Crippen LogP contribution in [0, 0.1) is 5.92 Å². The molecule has 2 heterocycles. The summed E-state index contributed by atoms with van der Waals surface area (Å²) in [6, 6.07) is 8.39. The molecule has 2 fully saturated rings. The highest BCUT2D eigenvalue weighted by Crippen LogP contribution is 2.32. The number of hydrogen-bond donors (Lipinski definition) is 3. The van der Waals surface area contributed by atoms with Crippen LogP contribution in [-0.4, -0.2) is 55.0 Å². The maximum Gasteiger partial charge on any atom is 0.322 e. The Balaban J connectivity index is 1.34. The number of amides is 3. The van der Waals surface area contributed by atoms with Gasteiger partial charge in [0.2, 0.25) is 0 Å². The normalized spacial score (nSPS) is 28.0. The molecule has 0 spiro atoms. The van der Waals surface area contributed by atoms with E-state index in [1.54, 1.807) is 0 Å². The van der Waals surface area contributed by atoms with Gasteiger partial charge in [-0.2, -0.15) is 0 Å². The van der Waals surface area contributed by atoms with Gasteiger partial charge in [0.25, 0.3) is 5.91 Å². The Morgan fingerprint density at radius 3 is 2.69 bits per heavy atom. The van der Waals surface area contributed by atoms with E-state index < -0.39 is 5.54 Å². The first-order valence-corrected chi connectivity index (χ1v) is 10.7. The molecule has 2 unspecified atom stereocenters. The zero-order chi connectivity index (χ0) is 20.4. The number of rotatable bonds is 3. The lowest BCUT2D eigenvalue weighted by atomic mass is 9.79. The SMILES string of the molecule is CN=C(NCC1CCCc2ccccc21)N1CCC(C2(C)NC(=O)NC2=O)CC1. The Kier molecular flexibility index (Phi) is 5.48. The summed E-state index contributed by atoms with van der Waals surface area (Å²) in [7, 11) is 1.83. The number of carbonyl (C=O) groups is 2. The number of nitrogens with zero attached hydrogens (tertiary/aromatic N) is 2. The van der Waals surface area contributed by atoms with Crippen molar-refractivity contribution in [2.24, 2.45) is 10.9 Å². The standard InChI is InChI=1S/C22H31N5O2/c1-22(19(28)25-21(29)26-22)17-10-12-27(13-11-17)20(23-2)24-14-16-8-5-7-15-6-3-4-9-18(15)16/h3-4,6,9,16-17H,5,7-8,10-14H2,1-2H3,(H,23,24)(H2,25,26,28,29). The van der Waals surface area contributed by atoms with Gasteiger partial charge < -0.3 is 15.5 Å². The van der Waals surface area contributed by atoms with E-state index >= 15 is 0 Å². The van der Waals surface area contributed by atoms with Gasteiger partial charge in [0.15, 0.2) is 5.96 Å². The first-order chi connectivity index (χ1) is 14.0. The molecule has 0 radical (unpaired) electrons. The van der Waals surface area contributed by atoms with E-state index in [9.17, 15) is 9.59 Å². The van der Waals surface area contributed by atoms with Gasteiger partial charge >= 0.3 is 6.03 Å². The van der Waals surface area contributed by atoms with Crippen LogP contribution in [0.3, 0.4) is 0 Å². The number of carbonyl (C=O) groups excluding carboxylic acids is 2. The van der Waals surface area contributed by atoms with E-state index in [1.165, 1.54) is 30.4 Å². The van der Waals surface area contributed by atoms with Crippen LogP contribution < -0.4 is 16.0 Å². The predicted molar refractivity (Wildman–Crippen MR) is 113 cm³/mol. The monoisotopic (exact) mass is 397 g/mol. The molecule has 0 aromatic heterocycles. The topological polar surface area (TPSA) is 85.8 Å². The first-order valence-electron chi connectivity index (χ1n) is 10.7. The number of benzene rings is 1. The first kappa shape index (κ1) is 19.7. The molecule has 156 valence electrons. The van der Waals surface area contributed by atoms with E-state index in [-0.39, 0.29) is 17.9 Å². The largest absolute Gasteiger partial charge is 0.356 e. The van der Waals surface area contributed by atoms with Crippen molar-refractivity contribution < 1.29 is 9.59 Å². The summed E-state index contributed by atoms with van der Waals surface area (Å²) in [5, 5.41) is 8.78. The van der Waals surface area contributed by atoms with E-state index in [2.05, 4.69) is 50.1 Å². The molecule has 2 atom stereocenters. The predicted octanol–water partition coefficient (Wildman–Crippen LogP) is 1.99. The fourth-order valence-corrected chi connectivity index (χ4v) is 5.13. The van der Waals surface area contributed by atoms with Crippen molar-refractivity contribution >= 4 is 17.9 Å². The summed E-state index contributed by atoms with van der Waals surface area (Å²) < 4.78 is 0. The molecule has 1 aromatic carbocycles. The second-order valence-corrected chi connectivity index (χ2v) is 8.59. The Hall–Kier alpha value is -2.57. The molecule has 3 aliphatic rings. The molecular weight excluding hydrogens is 366 g/mol. The molecule has 1 aliphatic carbocycles. The zero-order valence-corrected chi connectivity index (χ0v) is 17.3. The number of piperidine rings is 1. The molecule has 3 N–H and O–H groups in total. The average Bonchev–Trinajstić information content (AvgIpc) is 3.01. The van der Waals surface area contributed by atoms with Gasteiger partial charge in [0, 0.05) is 32.6 Å². The van der Waals surface area contributed by atoms with Crippen LogP contribution in [0.4, 0.5) is 4.79 Å². The van der Waals surface area contributed by atoms with Crippen LogP contribution in [0.5, 0.6) is 0 Å². The maximum absolute atomic E-state index is 12.2. The van der Waals surface area contributed by atoms with E-state index in [4.69, 9.17) is 0 Å². The molecule has 0 saturated carbocycles. The van der Waals surface area contributed by atoms with Crippen LogP contribution in [-0.2, 0) is 11.2 Å². The second-order valence-electron chi connectivity index (χ2n) is 8.59. The number of imide groups is 1. The van der Waals surface area contributed by atoms with Gasteiger partial charge in [0.05, 0.1) is 0 Å². The Bertz CT molecular complexity index is 815. The third-order valence-electron chi connectivity index (χ3n) is 6.89. The lowest BCUT2D eigenvalue weighted by molar-refractivity contribution is -0.125. The molecule has 7 heteroatoms. The summed E-state index contributed by atoms with van der Waals surface area (Å²) >= 11 is 0. The molecule has 2 saturated heterocycles. The number of urea groups is 1. The summed E-state index contributed by atoms with van der Waals surface area (Å²) in [6.07, 6.45) is 5.31. The summed E-state index contributed by atoms with van der Waals surface area (Å²) in [6.45, 7) is 4.37. The molecule has 7 nitrogen and oxygen atoms in total. The lowest BCUT2D eigenvalue weighted by Crippen LogP contribution is -2.55. The molecule has 4 rings (SSSR count). The fourth-order valence-electron chi connectivity index (χ4n) is 5.13. The van der Waals surface area contributed by atoms with Gasteiger partial charge in [-0.15, -0.1) is 0 Å². The highest BCUT2D eigenvalue weighted by molar-refractivity contribution is 6.07. The summed E-state index contributed by atoms with van der Waals surface area (Å²) in [4.78, 5) is 30.6. The van der Waals surface area contributed by atoms with Gasteiger partial charge in [0.1, 0.15) is 5.54 Å². The highest BCUT2D eigenvalue weighted by Gasteiger charge is 2.48. The number of aliphatic imine (C=N–C) groups is 1. The molecule has 0 bridgehead atoms. The Morgan fingerprint density at radius 2 is 2.00 bits per heavy atom.